The number of nitrogens with one attached hydrogen (secondary N) is 1. The molecule has 2 rings (SSSR count). The Balaban J connectivity index is 1.81. The first-order valence-electron chi connectivity index (χ1n) is 7.66. The largest absolute Gasteiger partial charge is 0.313 e. The maximum absolute atomic E-state index is 5.93. The highest BCUT2D eigenvalue weighted by Crippen LogP contribution is 2.38. The standard InChI is InChI=1S/C17H26ClNS/c1-14(12-15-6-8-16(18)9-7-15)19-13-17(20-2)10-4-3-5-11-17/h6-9,14,19H,3-5,10-13H2,1-2H3. The second kappa shape index (κ2) is 7.72. The molecule has 1 nitrogen and oxygen atoms in total. The number of halogens is 1. The molecule has 1 aromatic carbocycles. The Kier molecular flexibility index (Phi) is 6.25. The number of hydrogen-bond acceptors (Lipinski definition) is 2. The van der Waals surface area contributed by atoms with E-state index in [-0.39, 0.29) is 0 Å². The van der Waals surface area contributed by atoms with E-state index in [4.69, 9.17) is 11.6 Å². The molecule has 1 fully saturated rings. The van der Waals surface area contributed by atoms with Crippen molar-refractivity contribution < 1.29 is 0 Å². The van der Waals surface area contributed by atoms with Crippen molar-refractivity contribution in [1.29, 1.82) is 0 Å². The first-order valence-corrected chi connectivity index (χ1v) is 9.27. The summed E-state index contributed by atoms with van der Waals surface area (Å²) in [4.78, 5) is 0. The molecule has 0 amide bonds. The van der Waals surface area contributed by atoms with Crippen LogP contribution in [0.3, 0.4) is 0 Å². The fraction of sp³-hybridized carbons (Fsp3) is 0.647. The summed E-state index contributed by atoms with van der Waals surface area (Å²) < 4.78 is 0.479. The highest BCUT2D eigenvalue weighted by Gasteiger charge is 2.30. The molecule has 1 atom stereocenters. The Bertz CT molecular complexity index is 398. The summed E-state index contributed by atoms with van der Waals surface area (Å²) in [7, 11) is 0. The van der Waals surface area contributed by atoms with Gasteiger partial charge in [0.25, 0.3) is 0 Å². The van der Waals surface area contributed by atoms with Crippen LogP contribution in [0.15, 0.2) is 24.3 Å². The minimum atomic E-state index is 0.479. The van der Waals surface area contributed by atoms with Crippen molar-refractivity contribution in [2.45, 2.75) is 56.2 Å². The average Bonchev–Trinajstić information content (AvgIpc) is 2.49. The van der Waals surface area contributed by atoms with Crippen LogP contribution in [-0.4, -0.2) is 23.6 Å². The van der Waals surface area contributed by atoms with Gasteiger partial charge in [-0.3, -0.25) is 0 Å². The molecule has 1 N–H and O–H groups in total. The van der Waals surface area contributed by atoms with Gasteiger partial charge in [-0.2, -0.15) is 11.8 Å². The Labute approximate surface area is 132 Å². The molecule has 0 aliphatic heterocycles. The zero-order valence-electron chi connectivity index (χ0n) is 12.6. The predicted octanol–water partition coefficient (Wildman–Crippen LogP) is 4.93. The van der Waals surface area contributed by atoms with Crippen molar-refractivity contribution in [3.63, 3.8) is 0 Å². The Morgan fingerprint density at radius 3 is 2.45 bits per heavy atom. The second-order valence-corrected chi connectivity index (χ2v) is 7.77. The molecule has 20 heavy (non-hydrogen) atoms. The van der Waals surface area contributed by atoms with Gasteiger partial charge in [-0.05, 0) is 50.1 Å². The first kappa shape index (κ1) is 16.2. The molecule has 1 aliphatic rings. The SMILES string of the molecule is CSC1(CNC(C)Cc2ccc(Cl)cc2)CCCCC1. The third-order valence-corrected chi connectivity index (χ3v) is 6.10. The van der Waals surface area contributed by atoms with Gasteiger partial charge < -0.3 is 5.32 Å². The van der Waals surface area contributed by atoms with Crippen LogP contribution in [-0.2, 0) is 6.42 Å². The lowest BCUT2D eigenvalue weighted by atomic mass is 9.88. The number of benzene rings is 1. The van der Waals surface area contributed by atoms with Crippen molar-refractivity contribution in [3.05, 3.63) is 34.9 Å². The van der Waals surface area contributed by atoms with Gasteiger partial charge in [-0.1, -0.05) is 43.0 Å². The molecule has 112 valence electrons. The van der Waals surface area contributed by atoms with E-state index in [0.29, 0.717) is 10.8 Å². The summed E-state index contributed by atoms with van der Waals surface area (Å²) in [6.07, 6.45) is 10.3. The van der Waals surface area contributed by atoms with E-state index >= 15 is 0 Å². The molecule has 1 aliphatic carbocycles. The molecule has 3 heteroatoms. The molecule has 0 aromatic heterocycles. The Morgan fingerprint density at radius 2 is 1.85 bits per heavy atom. The lowest BCUT2D eigenvalue weighted by Gasteiger charge is -2.37. The fourth-order valence-corrected chi connectivity index (χ4v) is 4.11. The summed E-state index contributed by atoms with van der Waals surface area (Å²) in [6, 6.07) is 8.74. The zero-order valence-corrected chi connectivity index (χ0v) is 14.2. The second-order valence-electron chi connectivity index (χ2n) is 6.06. The van der Waals surface area contributed by atoms with Crippen LogP contribution in [0, 0.1) is 0 Å². The normalized spacial score (nSPS) is 19.8. The molecule has 0 saturated heterocycles. The van der Waals surface area contributed by atoms with Gasteiger partial charge in [0.1, 0.15) is 0 Å². The van der Waals surface area contributed by atoms with Gasteiger partial charge >= 0.3 is 0 Å². The summed E-state index contributed by atoms with van der Waals surface area (Å²) in [6.45, 7) is 3.42. The van der Waals surface area contributed by atoms with Gasteiger partial charge in [0.15, 0.2) is 0 Å². The minimum absolute atomic E-state index is 0.479. The van der Waals surface area contributed by atoms with E-state index in [1.54, 1.807) is 0 Å². The van der Waals surface area contributed by atoms with Crippen molar-refractivity contribution in [3.8, 4) is 0 Å². The van der Waals surface area contributed by atoms with Gasteiger partial charge in [0.05, 0.1) is 0 Å². The lowest BCUT2D eigenvalue weighted by molar-refractivity contribution is 0.365. The monoisotopic (exact) mass is 311 g/mol. The molecule has 0 spiro atoms. The quantitative estimate of drug-likeness (QED) is 0.799. The maximum Gasteiger partial charge on any atom is 0.0406 e. The van der Waals surface area contributed by atoms with E-state index in [1.165, 1.54) is 37.7 Å². The summed E-state index contributed by atoms with van der Waals surface area (Å²) in [5.74, 6) is 0. The molecule has 1 unspecified atom stereocenters. The van der Waals surface area contributed by atoms with E-state index in [2.05, 4.69) is 42.4 Å². The first-order chi connectivity index (χ1) is 9.63. The molecule has 0 bridgehead atoms. The van der Waals surface area contributed by atoms with Crippen LogP contribution in [0.4, 0.5) is 0 Å². The highest BCUT2D eigenvalue weighted by molar-refractivity contribution is 8.00. The van der Waals surface area contributed by atoms with Crippen molar-refractivity contribution >= 4 is 23.4 Å². The van der Waals surface area contributed by atoms with E-state index in [0.717, 1.165) is 18.0 Å². The molecule has 1 saturated carbocycles. The Hall–Kier alpha value is -0.180. The van der Waals surface area contributed by atoms with Crippen molar-refractivity contribution in [1.82, 2.24) is 5.32 Å². The van der Waals surface area contributed by atoms with Gasteiger partial charge in [0, 0.05) is 22.4 Å². The molecule has 0 radical (unpaired) electrons. The van der Waals surface area contributed by atoms with Crippen LogP contribution in [0.1, 0.15) is 44.6 Å². The number of rotatable bonds is 6. The van der Waals surface area contributed by atoms with Crippen LogP contribution in [0.2, 0.25) is 5.02 Å². The fourth-order valence-electron chi connectivity index (χ4n) is 3.06. The van der Waals surface area contributed by atoms with E-state index in [1.807, 2.05) is 12.1 Å². The Morgan fingerprint density at radius 1 is 1.20 bits per heavy atom. The zero-order chi connectivity index (χ0) is 14.4. The van der Waals surface area contributed by atoms with Gasteiger partial charge in [-0.15, -0.1) is 0 Å². The maximum atomic E-state index is 5.93. The van der Waals surface area contributed by atoms with Crippen molar-refractivity contribution in [2.75, 3.05) is 12.8 Å². The third kappa shape index (κ3) is 4.68. The molecular weight excluding hydrogens is 286 g/mol. The van der Waals surface area contributed by atoms with Crippen molar-refractivity contribution in [2.24, 2.45) is 0 Å². The van der Waals surface area contributed by atoms with Gasteiger partial charge in [-0.25, -0.2) is 0 Å². The van der Waals surface area contributed by atoms with Crippen LogP contribution >= 0.6 is 23.4 Å². The van der Waals surface area contributed by atoms with Crippen LogP contribution in [0.5, 0.6) is 0 Å². The number of thioether (sulfide) groups is 1. The summed E-state index contributed by atoms with van der Waals surface area (Å²) >= 11 is 7.99. The average molecular weight is 312 g/mol. The van der Waals surface area contributed by atoms with E-state index < -0.39 is 0 Å². The highest BCUT2D eigenvalue weighted by atomic mass is 35.5. The third-order valence-electron chi connectivity index (χ3n) is 4.43. The topological polar surface area (TPSA) is 12.0 Å². The lowest BCUT2D eigenvalue weighted by Crippen LogP contribution is -2.43. The van der Waals surface area contributed by atoms with Crippen LogP contribution in [0.25, 0.3) is 0 Å². The minimum Gasteiger partial charge on any atom is -0.313 e. The van der Waals surface area contributed by atoms with E-state index in [9.17, 15) is 0 Å². The van der Waals surface area contributed by atoms with Crippen LogP contribution < -0.4 is 5.32 Å². The summed E-state index contributed by atoms with van der Waals surface area (Å²) in [5.41, 5.74) is 1.36. The predicted molar refractivity (Wildman–Crippen MR) is 92.0 cm³/mol. The van der Waals surface area contributed by atoms with Gasteiger partial charge in [0.2, 0.25) is 0 Å². The summed E-state index contributed by atoms with van der Waals surface area (Å²) in [5, 5.41) is 4.57. The molecular formula is C17H26ClNS. The number of hydrogen-bond donors (Lipinski definition) is 1. The smallest absolute Gasteiger partial charge is 0.0406 e. The molecule has 0 heterocycles. The molecule has 1 aromatic rings.